The zero-order valence-electron chi connectivity index (χ0n) is 11.7. The van der Waals surface area contributed by atoms with Crippen molar-refractivity contribution >= 4 is 17.3 Å². The van der Waals surface area contributed by atoms with Gasteiger partial charge in [0, 0.05) is 19.8 Å². The number of carbonyl (C=O) groups excluding carboxylic acids is 1. The van der Waals surface area contributed by atoms with Gasteiger partial charge in [0.1, 0.15) is 11.4 Å². The first-order chi connectivity index (χ1) is 9.75. The molecule has 108 valence electrons. The van der Waals surface area contributed by atoms with Crippen LogP contribution in [0.3, 0.4) is 0 Å². The minimum Gasteiger partial charge on any atom is -0.492 e. The lowest BCUT2D eigenvalue weighted by Gasteiger charge is -2.34. The summed E-state index contributed by atoms with van der Waals surface area (Å²) in [6.07, 6.45) is 1.51. The lowest BCUT2D eigenvalue weighted by atomic mass is 9.79. The molecule has 3 rings (SSSR count). The van der Waals surface area contributed by atoms with E-state index in [1.54, 1.807) is 0 Å². The normalized spacial score (nSPS) is 20.6. The van der Waals surface area contributed by atoms with Crippen molar-refractivity contribution in [1.82, 2.24) is 0 Å². The van der Waals surface area contributed by atoms with E-state index < -0.39 is 0 Å². The molecule has 1 saturated heterocycles. The van der Waals surface area contributed by atoms with Crippen molar-refractivity contribution in [2.45, 2.75) is 19.8 Å². The maximum Gasteiger partial charge on any atom is 0.232 e. The van der Waals surface area contributed by atoms with Crippen LogP contribution in [0.2, 0.25) is 0 Å². The molecule has 2 aliphatic rings. The number of nitrogens with one attached hydrogen (secondary N) is 2. The molecule has 1 amide bonds. The standard InChI is InChI=1S/C15H20N2O3/c1-2-20-12-5-3-4-11-13(12)17-14(18)15(10-16-11)6-8-19-9-7-15/h3-5,16H,2,6-10H2,1H3,(H,17,18). The Bertz CT molecular complexity index is 510. The number of hydrogen-bond acceptors (Lipinski definition) is 4. The summed E-state index contributed by atoms with van der Waals surface area (Å²) in [5, 5.41) is 6.45. The number of benzene rings is 1. The Labute approximate surface area is 118 Å². The Morgan fingerprint density at radius 2 is 2.15 bits per heavy atom. The van der Waals surface area contributed by atoms with Crippen molar-refractivity contribution in [1.29, 1.82) is 0 Å². The average Bonchev–Trinajstić information content (AvgIpc) is 2.60. The van der Waals surface area contributed by atoms with E-state index in [-0.39, 0.29) is 11.3 Å². The molecule has 5 nitrogen and oxygen atoms in total. The fraction of sp³-hybridized carbons (Fsp3) is 0.533. The highest BCUT2D eigenvalue weighted by Crippen LogP contribution is 2.40. The van der Waals surface area contributed by atoms with Crippen molar-refractivity contribution in [2.24, 2.45) is 5.41 Å². The second-order valence-corrected chi connectivity index (χ2v) is 5.31. The van der Waals surface area contributed by atoms with Gasteiger partial charge in [-0.15, -0.1) is 0 Å². The van der Waals surface area contributed by atoms with E-state index in [2.05, 4.69) is 10.6 Å². The third-order valence-corrected chi connectivity index (χ3v) is 4.11. The summed E-state index contributed by atoms with van der Waals surface area (Å²) >= 11 is 0. The summed E-state index contributed by atoms with van der Waals surface area (Å²) in [5.74, 6) is 0.786. The zero-order chi connectivity index (χ0) is 14.0. The van der Waals surface area contributed by atoms with Crippen LogP contribution in [-0.2, 0) is 9.53 Å². The number of para-hydroxylation sites is 1. The van der Waals surface area contributed by atoms with Crippen LogP contribution < -0.4 is 15.4 Å². The lowest BCUT2D eigenvalue weighted by molar-refractivity contribution is -0.129. The molecule has 1 spiro atoms. The number of anilines is 2. The van der Waals surface area contributed by atoms with Gasteiger partial charge in [0.2, 0.25) is 5.91 Å². The number of rotatable bonds is 2. The largest absolute Gasteiger partial charge is 0.492 e. The lowest BCUT2D eigenvalue weighted by Crippen LogP contribution is -2.44. The number of fused-ring (bicyclic) bond motifs is 1. The van der Waals surface area contributed by atoms with Gasteiger partial charge in [0.05, 0.1) is 17.7 Å². The highest BCUT2D eigenvalue weighted by atomic mass is 16.5. The average molecular weight is 276 g/mol. The van der Waals surface area contributed by atoms with E-state index in [1.807, 2.05) is 25.1 Å². The third-order valence-electron chi connectivity index (χ3n) is 4.11. The second kappa shape index (κ2) is 5.32. The molecular weight excluding hydrogens is 256 g/mol. The fourth-order valence-electron chi connectivity index (χ4n) is 2.84. The van der Waals surface area contributed by atoms with Crippen LogP contribution in [-0.4, -0.2) is 32.3 Å². The molecule has 2 N–H and O–H groups in total. The molecule has 1 fully saturated rings. The van der Waals surface area contributed by atoms with Crippen LogP contribution in [0.4, 0.5) is 11.4 Å². The molecule has 1 aromatic carbocycles. The highest BCUT2D eigenvalue weighted by Gasteiger charge is 2.42. The Hall–Kier alpha value is -1.75. The Morgan fingerprint density at radius 3 is 2.90 bits per heavy atom. The van der Waals surface area contributed by atoms with Gasteiger partial charge in [-0.1, -0.05) is 6.07 Å². The molecule has 0 unspecified atom stereocenters. The number of hydrogen-bond donors (Lipinski definition) is 2. The molecule has 0 aliphatic carbocycles. The SMILES string of the molecule is CCOc1cccc2c1NC(=O)C1(CCOCC1)CN2. The summed E-state index contributed by atoms with van der Waals surface area (Å²) in [7, 11) is 0. The monoisotopic (exact) mass is 276 g/mol. The van der Waals surface area contributed by atoms with Crippen LogP contribution in [0, 0.1) is 5.41 Å². The predicted molar refractivity (Wildman–Crippen MR) is 77.2 cm³/mol. The van der Waals surface area contributed by atoms with Crippen LogP contribution in [0.5, 0.6) is 5.75 Å². The summed E-state index contributed by atoms with van der Waals surface area (Å²) in [5.41, 5.74) is 1.30. The molecule has 0 radical (unpaired) electrons. The minimum atomic E-state index is -0.374. The summed E-state index contributed by atoms with van der Waals surface area (Å²) in [4.78, 5) is 12.6. The molecule has 0 aromatic heterocycles. The first-order valence-corrected chi connectivity index (χ1v) is 7.14. The van der Waals surface area contributed by atoms with Crippen molar-refractivity contribution in [3.63, 3.8) is 0 Å². The number of carbonyl (C=O) groups is 1. The molecule has 20 heavy (non-hydrogen) atoms. The van der Waals surface area contributed by atoms with E-state index in [0.29, 0.717) is 26.4 Å². The van der Waals surface area contributed by atoms with E-state index >= 15 is 0 Å². The Kier molecular flexibility index (Phi) is 3.53. The fourth-order valence-corrected chi connectivity index (χ4v) is 2.84. The van der Waals surface area contributed by atoms with Gasteiger partial charge in [-0.25, -0.2) is 0 Å². The van der Waals surface area contributed by atoms with Crippen molar-refractivity contribution < 1.29 is 14.3 Å². The first-order valence-electron chi connectivity index (χ1n) is 7.14. The molecule has 2 aliphatic heterocycles. The predicted octanol–water partition coefficient (Wildman–Crippen LogP) is 2.25. The Morgan fingerprint density at radius 1 is 1.35 bits per heavy atom. The third kappa shape index (κ3) is 2.22. The van der Waals surface area contributed by atoms with Crippen molar-refractivity contribution in [3.8, 4) is 5.75 Å². The van der Waals surface area contributed by atoms with Gasteiger partial charge in [-0.3, -0.25) is 4.79 Å². The Balaban J connectivity index is 1.92. The van der Waals surface area contributed by atoms with E-state index in [0.717, 1.165) is 30.0 Å². The zero-order valence-corrected chi connectivity index (χ0v) is 11.7. The van der Waals surface area contributed by atoms with Crippen LogP contribution in [0.25, 0.3) is 0 Å². The summed E-state index contributed by atoms with van der Waals surface area (Å²) < 4.78 is 11.0. The topological polar surface area (TPSA) is 59.6 Å². The number of ether oxygens (including phenoxy) is 2. The quantitative estimate of drug-likeness (QED) is 0.869. The molecule has 1 aromatic rings. The van der Waals surface area contributed by atoms with Crippen LogP contribution >= 0.6 is 0 Å². The molecule has 0 atom stereocenters. The second-order valence-electron chi connectivity index (χ2n) is 5.31. The van der Waals surface area contributed by atoms with Gasteiger partial charge in [0.25, 0.3) is 0 Å². The van der Waals surface area contributed by atoms with Crippen LogP contribution in [0.15, 0.2) is 18.2 Å². The first kappa shape index (κ1) is 13.2. The smallest absolute Gasteiger partial charge is 0.232 e. The van der Waals surface area contributed by atoms with Crippen molar-refractivity contribution in [3.05, 3.63) is 18.2 Å². The summed E-state index contributed by atoms with van der Waals surface area (Å²) in [6.45, 7) is 4.44. The molecular formula is C15H20N2O3. The van der Waals surface area contributed by atoms with Gasteiger partial charge >= 0.3 is 0 Å². The van der Waals surface area contributed by atoms with Gasteiger partial charge in [-0.05, 0) is 31.9 Å². The maximum absolute atomic E-state index is 12.6. The number of amides is 1. The van der Waals surface area contributed by atoms with E-state index in [4.69, 9.17) is 9.47 Å². The van der Waals surface area contributed by atoms with Crippen LogP contribution in [0.1, 0.15) is 19.8 Å². The van der Waals surface area contributed by atoms with Crippen molar-refractivity contribution in [2.75, 3.05) is 37.0 Å². The molecule has 2 heterocycles. The van der Waals surface area contributed by atoms with Gasteiger partial charge < -0.3 is 20.1 Å². The minimum absolute atomic E-state index is 0.0687. The molecule has 0 saturated carbocycles. The summed E-state index contributed by atoms with van der Waals surface area (Å²) in [6, 6.07) is 5.79. The highest BCUT2D eigenvalue weighted by molar-refractivity contribution is 6.01. The molecule has 0 bridgehead atoms. The van der Waals surface area contributed by atoms with E-state index in [1.165, 1.54) is 0 Å². The molecule has 5 heteroatoms. The van der Waals surface area contributed by atoms with E-state index in [9.17, 15) is 4.79 Å². The maximum atomic E-state index is 12.6. The van der Waals surface area contributed by atoms with Gasteiger partial charge in [-0.2, -0.15) is 0 Å². The van der Waals surface area contributed by atoms with Gasteiger partial charge in [0.15, 0.2) is 0 Å².